The lowest BCUT2D eigenvalue weighted by molar-refractivity contribution is -0.00546. The van der Waals surface area contributed by atoms with Crippen molar-refractivity contribution in [3.63, 3.8) is 0 Å². The maximum Gasteiger partial charge on any atom is 0.265 e. The Kier molecular flexibility index (Phi) is 6.82. The van der Waals surface area contributed by atoms with Crippen molar-refractivity contribution in [3.05, 3.63) is 76.1 Å². The smallest absolute Gasteiger partial charge is 0.265 e. The van der Waals surface area contributed by atoms with E-state index in [-0.39, 0.29) is 24.0 Å². The van der Waals surface area contributed by atoms with E-state index < -0.39 is 0 Å². The molecular formula is C24H26N4O3S. The second-order valence-corrected chi connectivity index (χ2v) is 8.79. The van der Waals surface area contributed by atoms with Crippen LogP contribution in [0.4, 0.5) is 11.5 Å². The molecule has 0 bridgehead atoms. The van der Waals surface area contributed by atoms with Gasteiger partial charge >= 0.3 is 0 Å². The predicted octanol–water partition coefficient (Wildman–Crippen LogP) is 3.94. The molecule has 2 unspecified atom stereocenters. The third kappa shape index (κ3) is 5.33. The number of carbonyl (C=O) groups is 2. The SMILES string of the molecule is CC1CN(c2ccc(CNC(=O)c3ccccc3NC(=O)c3cccs3)cn2)CC(C)O1. The van der Waals surface area contributed by atoms with E-state index in [0.29, 0.717) is 22.7 Å². The van der Waals surface area contributed by atoms with Crippen molar-refractivity contribution in [3.8, 4) is 0 Å². The molecule has 7 nitrogen and oxygen atoms in total. The van der Waals surface area contributed by atoms with Crippen LogP contribution in [0.1, 0.15) is 39.4 Å². The number of pyridine rings is 1. The van der Waals surface area contributed by atoms with Crippen molar-refractivity contribution in [1.82, 2.24) is 10.3 Å². The normalized spacial score (nSPS) is 18.2. The molecule has 1 aliphatic rings. The molecule has 3 heterocycles. The molecule has 2 amide bonds. The first kappa shape index (κ1) is 22.0. The van der Waals surface area contributed by atoms with Gasteiger partial charge in [-0.3, -0.25) is 9.59 Å². The molecule has 1 aromatic carbocycles. The highest BCUT2D eigenvalue weighted by Gasteiger charge is 2.23. The summed E-state index contributed by atoms with van der Waals surface area (Å²) < 4.78 is 5.78. The quantitative estimate of drug-likeness (QED) is 0.594. The molecule has 1 fully saturated rings. The number of para-hydroxylation sites is 1. The van der Waals surface area contributed by atoms with E-state index in [9.17, 15) is 9.59 Å². The lowest BCUT2D eigenvalue weighted by Crippen LogP contribution is -2.45. The highest BCUT2D eigenvalue weighted by Crippen LogP contribution is 2.20. The van der Waals surface area contributed by atoms with Crippen LogP contribution in [0.2, 0.25) is 0 Å². The number of benzene rings is 1. The van der Waals surface area contributed by atoms with Crippen LogP contribution in [0.3, 0.4) is 0 Å². The lowest BCUT2D eigenvalue weighted by atomic mass is 10.1. The topological polar surface area (TPSA) is 83.6 Å². The number of anilines is 2. The third-order valence-electron chi connectivity index (χ3n) is 5.17. The Morgan fingerprint density at radius 3 is 2.53 bits per heavy atom. The number of rotatable bonds is 6. The van der Waals surface area contributed by atoms with Gasteiger partial charge in [0.05, 0.1) is 28.3 Å². The zero-order valence-corrected chi connectivity index (χ0v) is 18.9. The number of amides is 2. The highest BCUT2D eigenvalue weighted by atomic mass is 32.1. The van der Waals surface area contributed by atoms with E-state index in [1.807, 2.05) is 23.6 Å². The summed E-state index contributed by atoms with van der Waals surface area (Å²) in [6, 6.07) is 14.5. The van der Waals surface area contributed by atoms with Crippen molar-refractivity contribution in [2.75, 3.05) is 23.3 Å². The summed E-state index contributed by atoms with van der Waals surface area (Å²) in [5.74, 6) is 0.419. The van der Waals surface area contributed by atoms with Gasteiger partial charge in [-0.15, -0.1) is 11.3 Å². The summed E-state index contributed by atoms with van der Waals surface area (Å²) >= 11 is 1.35. The summed E-state index contributed by atoms with van der Waals surface area (Å²) in [4.78, 5) is 32.6. The van der Waals surface area contributed by atoms with Gasteiger partial charge in [0, 0.05) is 25.8 Å². The molecule has 8 heteroatoms. The summed E-state index contributed by atoms with van der Waals surface area (Å²) in [5.41, 5.74) is 1.79. The van der Waals surface area contributed by atoms with Crippen molar-refractivity contribution >= 4 is 34.7 Å². The Morgan fingerprint density at radius 1 is 1.06 bits per heavy atom. The van der Waals surface area contributed by atoms with Crippen LogP contribution in [0, 0.1) is 0 Å². The van der Waals surface area contributed by atoms with Crippen LogP contribution in [-0.4, -0.2) is 42.1 Å². The number of ether oxygens (including phenoxy) is 1. The van der Waals surface area contributed by atoms with Crippen LogP contribution in [0.5, 0.6) is 0 Å². The molecule has 0 spiro atoms. The van der Waals surface area contributed by atoms with Crippen LogP contribution in [-0.2, 0) is 11.3 Å². The van der Waals surface area contributed by atoms with Gasteiger partial charge in [-0.1, -0.05) is 24.3 Å². The number of aromatic nitrogens is 1. The molecule has 0 saturated carbocycles. The first-order valence-corrected chi connectivity index (χ1v) is 11.4. The van der Waals surface area contributed by atoms with Crippen LogP contribution >= 0.6 is 11.3 Å². The monoisotopic (exact) mass is 450 g/mol. The van der Waals surface area contributed by atoms with Gasteiger partial charge in [-0.05, 0) is 49.1 Å². The van der Waals surface area contributed by atoms with Crippen molar-refractivity contribution < 1.29 is 14.3 Å². The minimum atomic E-state index is -0.257. The van der Waals surface area contributed by atoms with E-state index in [2.05, 4.69) is 34.4 Å². The predicted molar refractivity (Wildman–Crippen MR) is 126 cm³/mol. The number of nitrogens with one attached hydrogen (secondary N) is 2. The molecule has 0 radical (unpaired) electrons. The number of nitrogens with zero attached hydrogens (tertiary/aromatic N) is 2. The highest BCUT2D eigenvalue weighted by molar-refractivity contribution is 7.12. The fourth-order valence-corrected chi connectivity index (χ4v) is 4.35. The average Bonchev–Trinajstić information content (AvgIpc) is 3.33. The minimum absolute atomic E-state index is 0.167. The average molecular weight is 451 g/mol. The van der Waals surface area contributed by atoms with Crippen LogP contribution in [0.15, 0.2) is 60.1 Å². The van der Waals surface area contributed by atoms with E-state index in [1.54, 1.807) is 36.5 Å². The van der Waals surface area contributed by atoms with Crippen molar-refractivity contribution in [2.45, 2.75) is 32.6 Å². The van der Waals surface area contributed by atoms with Crippen molar-refractivity contribution in [1.29, 1.82) is 0 Å². The Balaban J connectivity index is 1.37. The van der Waals surface area contributed by atoms with E-state index in [4.69, 9.17) is 4.74 Å². The number of morpholine rings is 1. The van der Waals surface area contributed by atoms with E-state index >= 15 is 0 Å². The molecule has 2 atom stereocenters. The van der Waals surface area contributed by atoms with Gasteiger partial charge in [-0.2, -0.15) is 0 Å². The molecule has 0 aliphatic carbocycles. The number of hydrogen-bond acceptors (Lipinski definition) is 6. The fraction of sp³-hybridized carbons (Fsp3) is 0.292. The number of carbonyl (C=O) groups excluding carboxylic acids is 2. The molecule has 3 aromatic rings. The number of thiophene rings is 1. The molecule has 2 N–H and O–H groups in total. The zero-order chi connectivity index (χ0) is 22.5. The third-order valence-corrected chi connectivity index (χ3v) is 6.04. The summed E-state index contributed by atoms with van der Waals surface area (Å²) in [6.45, 7) is 6.08. The summed E-state index contributed by atoms with van der Waals surface area (Å²) in [6.07, 6.45) is 2.12. The standard InChI is InChI=1S/C24H26N4O3S/c1-16-14-28(15-17(2)31-16)22-10-9-18(12-25-22)13-26-23(29)19-6-3-4-7-20(19)27-24(30)21-8-5-11-32-21/h3-12,16-17H,13-15H2,1-2H3,(H,26,29)(H,27,30). The molecule has 1 aliphatic heterocycles. The molecule has 4 rings (SSSR count). The minimum Gasteiger partial charge on any atom is -0.372 e. The van der Waals surface area contributed by atoms with Gasteiger partial charge in [0.2, 0.25) is 0 Å². The van der Waals surface area contributed by atoms with Gasteiger partial charge in [0.1, 0.15) is 5.82 Å². The second-order valence-electron chi connectivity index (χ2n) is 7.85. The summed E-state index contributed by atoms with van der Waals surface area (Å²) in [5, 5.41) is 7.58. The van der Waals surface area contributed by atoms with Gasteiger partial charge in [0.25, 0.3) is 11.8 Å². The van der Waals surface area contributed by atoms with E-state index in [1.165, 1.54) is 11.3 Å². The largest absolute Gasteiger partial charge is 0.372 e. The maximum atomic E-state index is 12.8. The Labute approximate surface area is 191 Å². The molecule has 32 heavy (non-hydrogen) atoms. The fourth-order valence-electron chi connectivity index (χ4n) is 3.73. The van der Waals surface area contributed by atoms with Crippen LogP contribution < -0.4 is 15.5 Å². The van der Waals surface area contributed by atoms with Gasteiger partial charge in [0.15, 0.2) is 0 Å². The molecular weight excluding hydrogens is 424 g/mol. The van der Waals surface area contributed by atoms with E-state index in [0.717, 1.165) is 24.5 Å². The summed E-state index contributed by atoms with van der Waals surface area (Å²) in [7, 11) is 0. The second kappa shape index (κ2) is 9.93. The number of hydrogen-bond donors (Lipinski definition) is 2. The van der Waals surface area contributed by atoms with Crippen molar-refractivity contribution in [2.24, 2.45) is 0 Å². The first-order chi connectivity index (χ1) is 15.5. The maximum absolute atomic E-state index is 12.8. The molecule has 2 aromatic heterocycles. The Hall–Kier alpha value is -3.23. The van der Waals surface area contributed by atoms with Gasteiger partial charge < -0.3 is 20.3 Å². The van der Waals surface area contributed by atoms with Gasteiger partial charge in [-0.25, -0.2) is 4.98 Å². The zero-order valence-electron chi connectivity index (χ0n) is 18.1. The van der Waals surface area contributed by atoms with Crippen LogP contribution in [0.25, 0.3) is 0 Å². The lowest BCUT2D eigenvalue weighted by Gasteiger charge is -2.36. The Bertz CT molecular complexity index is 1060. The molecule has 1 saturated heterocycles. The molecule has 166 valence electrons. The first-order valence-electron chi connectivity index (χ1n) is 10.6. The Morgan fingerprint density at radius 2 is 1.84 bits per heavy atom.